The Balaban J connectivity index is 0.00000225. The van der Waals surface area contributed by atoms with Gasteiger partial charge in [0.2, 0.25) is 5.91 Å². The highest BCUT2D eigenvalue weighted by molar-refractivity contribution is 9.10. The van der Waals surface area contributed by atoms with Gasteiger partial charge >= 0.3 is 0 Å². The molecule has 1 unspecified atom stereocenters. The lowest BCUT2D eigenvalue weighted by atomic mass is 10.2. The van der Waals surface area contributed by atoms with Gasteiger partial charge in [-0.15, -0.1) is 12.4 Å². The molecule has 1 atom stereocenters. The largest absolute Gasteiger partial charge is 0.327 e. The van der Waals surface area contributed by atoms with Crippen LogP contribution in [0.5, 0.6) is 0 Å². The minimum Gasteiger partial charge on any atom is -0.327 e. The molecular weight excluding hydrogens is 298 g/mol. The molecule has 0 aliphatic carbocycles. The monoisotopic (exact) mass is 310 g/mol. The van der Waals surface area contributed by atoms with E-state index in [0.717, 1.165) is 0 Å². The van der Waals surface area contributed by atoms with Crippen molar-refractivity contribution >= 4 is 39.9 Å². The van der Waals surface area contributed by atoms with Crippen LogP contribution in [0.1, 0.15) is 13.3 Å². The van der Waals surface area contributed by atoms with E-state index in [9.17, 15) is 9.18 Å². The molecule has 1 rings (SSSR count). The summed E-state index contributed by atoms with van der Waals surface area (Å²) >= 11 is 3.13. The average Bonchev–Trinajstić information content (AvgIpc) is 2.08. The number of carbonyl (C=O) groups excluding carboxylic acids is 1. The highest BCUT2D eigenvalue weighted by atomic mass is 79.9. The number of nitrogens with two attached hydrogens (primary N) is 1. The van der Waals surface area contributed by atoms with Crippen LogP contribution in [0.2, 0.25) is 0 Å². The average molecular weight is 312 g/mol. The van der Waals surface area contributed by atoms with Crippen molar-refractivity contribution in [2.24, 2.45) is 5.73 Å². The second-order valence-corrected chi connectivity index (χ2v) is 4.27. The summed E-state index contributed by atoms with van der Waals surface area (Å²) in [4.78, 5) is 11.3. The van der Waals surface area contributed by atoms with Crippen molar-refractivity contribution in [3.63, 3.8) is 0 Å². The summed E-state index contributed by atoms with van der Waals surface area (Å²) in [6.45, 7) is 1.72. The highest BCUT2D eigenvalue weighted by Gasteiger charge is 2.08. The number of hydrogen-bond acceptors (Lipinski definition) is 2. The first-order valence-electron chi connectivity index (χ1n) is 4.49. The fourth-order valence-corrected chi connectivity index (χ4v) is 1.42. The fourth-order valence-electron chi connectivity index (χ4n) is 1.08. The maximum Gasteiger partial charge on any atom is 0.225 e. The van der Waals surface area contributed by atoms with Gasteiger partial charge in [-0.3, -0.25) is 4.79 Å². The Hall–Kier alpha value is -0.650. The van der Waals surface area contributed by atoms with Crippen LogP contribution in [0.3, 0.4) is 0 Å². The number of nitrogens with one attached hydrogen (secondary N) is 1. The third kappa shape index (κ3) is 4.92. The Bertz CT molecular complexity index is 374. The minimum atomic E-state index is -0.470. The molecule has 16 heavy (non-hydrogen) atoms. The first-order chi connectivity index (χ1) is 6.99. The molecule has 1 aromatic carbocycles. The summed E-state index contributed by atoms with van der Waals surface area (Å²) in [5.74, 6) is -0.756. The van der Waals surface area contributed by atoms with Crippen molar-refractivity contribution in [3.05, 3.63) is 28.5 Å². The van der Waals surface area contributed by atoms with Gasteiger partial charge in [0.05, 0.1) is 5.69 Å². The van der Waals surface area contributed by atoms with Crippen LogP contribution in [0.4, 0.5) is 10.1 Å². The van der Waals surface area contributed by atoms with Gasteiger partial charge in [0.1, 0.15) is 5.82 Å². The minimum absolute atomic E-state index is 0. The van der Waals surface area contributed by atoms with Crippen molar-refractivity contribution in [1.29, 1.82) is 0 Å². The molecule has 3 nitrogen and oxygen atoms in total. The number of benzene rings is 1. The predicted molar refractivity (Wildman–Crippen MR) is 68.2 cm³/mol. The van der Waals surface area contributed by atoms with Gasteiger partial charge in [-0.05, 0) is 25.1 Å². The topological polar surface area (TPSA) is 55.1 Å². The molecule has 0 radical (unpaired) electrons. The Morgan fingerprint density at radius 1 is 1.62 bits per heavy atom. The molecular formula is C10H13BrClFN2O. The summed E-state index contributed by atoms with van der Waals surface area (Å²) in [5, 5.41) is 2.45. The third-order valence-electron chi connectivity index (χ3n) is 1.71. The van der Waals surface area contributed by atoms with E-state index in [1.165, 1.54) is 12.1 Å². The quantitative estimate of drug-likeness (QED) is 0.902. The smallest absolute Gasteiger partial charge is 0.225 e. The number of halogens is 3. The lowest BCUT2D eigenvalue weighted by molar-refractivity contribution is -0.116. The van der Waals surface area contributed by atoms with Crippen molar-refractivity contribution in [3.8, 4) is 0 Å². The Labute approximate surface area is 108 Å². The summed E-state index contributed by atoms with van der Waals surface area (Å²) in [5.41, 5.74) is 5.62. The number of hydrogen-bond donors (Lipinski definition) is 2. The predicted octanol–water partition coefficient (Wildman–Crippen LogP) is 2.69. The van der Waals surface area contributed by atoms with E-state index in [1.807, 2.05) is 0 Å². The van der Waals surface area contributed by atoms with Crippen LogP contribution in [0.25, 0.3) is 0 Å². The van der Waals surface area contributed by atoms with Gasteiger partial charge < -0.3 is 11.1 Å². The zero-order chi connectivity index (χ0) is 11.4. The van der Waals surface area contributed by atoms with Crippen LogP contribution < -0.4 is 11.1 Å². The van der Waals surface area contributed by atoms with Gasteiger partial charge in [0, 0.05) is 16.9 Å². The van der Waals surface area contributed by atoms with E-state index in [2.05, 4.69) is 21.2 Å². The van der Waals surface area contributed by atoms with Gasteiger partial charge in [-0.1, -0.05) is 15.9 Å². The van der Waals surface area contributed by atoms with Gasteiger partial charge in [0.15, 0.2) is 0 Å². The maximum absolute atomic E-state index is 13.3. The number of anilines is 1. The molecule has 1 aromatic rings. The molecule has 0 aliphatic heterocycles. The van der Waals surface area contributed by atoms with Crippen LogP contribution in [-0.2, 0) is 4.79 Å². The highest BCUT2D eigenvalue weighted by Crippen LogP contribution is 2.19. The van der Waals surface area contributed by atoms with Crippen molar-refractivity contribution < 1.29 is 9.18 Å². The second-order valence-electron chi connectivity index (χ2n) is 3.35. The zero-order valence-electron chi connectivity index (χ0n) is 8.67. The molecule has 0 aliphatic rings. The standard InChI is InChI=1S/C10H12BrFN2O.ClH/c1-6(13)4-10(15)14-9-3-2-7(11)5-8(9)12;/h2-3,5-6H,4,13H2,1H3,(H,14,15);1H. The molecule has 0 aromatic heterocycles. The summed E-state index contributed by atoms with van der Waals surface area (Å²) < 4.78 is 13.9. The Kier molecular flexibility index (Phi) is 6.55. The van der Waals surface area contributed by atoms with Crippen LogP contribution >= 0.6 is 28.3 Å². The summed E-state index contributed by atoms with van der Waals surface area (Å²) in [6.07, 6.45) is 0.176. The SMILES string of the molecule is CC(N)CC(=O)Nc1ccc(Br)cc1F.Cl. The van der Waals surface area contributed by atoms with E-state index < -0.39 is 5.82 Å². The summed E-state index contributed by atoms with van der Waals surface area (Å²) in [6, 6.07) is 4.22. The van der Waals surface area contributed by atoms with E-state index in [1.54, 1.807) is 13.0 Å². The molecule has 0 saturated carbocycles. The molecule has 1 amide bonds. The van der Waals surface area contributed by atoms with E-state index in [-0.39, 0.29) is 36.5 Å². The molecule has 90 valence electrons. The lowest BCUT2D eigenvalue weighted by Crippen LogP contribution is -2.24. The van der Waals surface area contributed by atoms with E-state index >= 15 is 0 Å². The van der Waals surface area contributed by atoms with Crippen molar-refractivity contribution in [2.45, 2.75) is 19.4 Å². The van der Waals surface area contributed by atoms with Gasteiger partial charge in [-0.2, -0.15) is 0 Å². The Morgan fingerprint density at radius 3 is 2.75 bits per heavy atom. The Morgan fingerprint density at radius 2 is 2.25 bits per heavy atom. The van der Waals surface area contributed by atoms with E-state index in [4.69, 9.17) is 5.73 Å². The first kappa shape index (κ1) is 15.3. The normalized spacial score (nSPS) is 11.5. The molecule has 0 heterocycles. The first-order valence-corrected chi connectivity index (χ1v) is 5.29. The van der Waals surface area contributed by atoms with Crippen molar-refractivity contribution in [1.82, 2.24) is 0 Å². The molecule has 0 spiro atoms. The van der Waals surface area contributed by atoms with Gasteiger partial charge in [-0.25, -0.2) is 4.39 Å². The maximum atomic E-state index is 13.3. The molecule has 3 N–H and O–H groups in total. The summed E-state index contributed by atoms with van der Waals surface area (Å²) in [7, 11) is 0. The molecule has 0 bridgehead atoms. The molecule has 6 heteroatoms. The van der Waals surface area contributed by atoms with Crippen LogP contribution in [0, 0.1) is 5.82 Å². The van der Waals surface area contributed by atoms with Crippen molar-refractivity contribution in [2.75, 3.05) is 5.32 Å². The number of rotatable bonds is 3. The van der Waals surface area contributed by atoms with Gasteiger partial charge in [0.25, 0.3) is 0 Å². The molecule has 0 fully saturated rings. The number of carbonyl (C=O) groups is 1. The molecule has 0 saturated heterocycles. The fraction of sp³-hybridized carbons (Fsp3) is 0.300. The second kappa shape index (κ2) is 6.83. The zero-order valence-corrected chi connectivity index (χ0v) is 11.1. The number of amides is 1. The van der Waals surface area contributed by atoms with Crippen LogP contribution in [0.15, 0.2) is 22.7 Å². The third-order valence-corrected chi connectivity index (χ3v) is 2.21. The lowest BCUT2D eigenvalue weighted by Gasteiger charge is -2.08. The van der Waals surface area contributed by atoms with Crippen LogP contribution in [-0.4, -0.2) is 11.9 Å². The van der Waals surface area contributed by atoms with E-state index in [0.29, 0.717) is 4.47 Å².